The van der Waals surface area contributed by atoms with Gasteiger partial charge in [0.05, 0.1) is 0 Å². The van der Waals surface area contributed by atoms with Crippen LogP contribution in [0.3, 0.4) is 0 Å². The fourth-order valence-electron chi connectivity index (χ4n) is 0. The average Bonchev–Trinajstić information content (AvgIpc) is 1.38. The van der Waals surface area contributed by atoms with Crippen molar-refractivity contribution in [3.8, 4) is 0 Å². The van der Waals surface area contributed by atoms with E-state index in [0.29, 0.717) is 0 Å². The first-order chi connectivity index (χ1) is 2.27. The van der Waals surface area contributed by atoms with Crippen LogP contribution in [0.2, 0.25) is 0 Å². The van der Waals surface area contributed by atoms with Gasteiger partial charge in [0.15, 0.2) is 0 Å². The molecule has 4 heteroatoms. The van der Waals surface area contributed by atoms with E-state index < -0.39 is 0 Å². The molecule has 0 aliphatic heterocycles. The molecule has 0 aromatic carbocycles. The summed E-state index contributed by atoms with van der Waals surface area (Å²) in [5.74, 6) is -0.120. The van der Waals surface area contributed by atoms with Crippen LogP contribution in [0, 0.1) is 7.43 Å². The maximum atomic E-state index is 6.35. The van der Waals surface area contributed by atoms with Crippen LogP contribution in [0.15, 0.2) is 4.99 Å². The van der Waals surface area contributed by atoms with Gasteiger partial charge < -0.3 is 23.9 Å². The summed E-state index contributed by atoms with van der Waals surface area (Å²) >= 11 is 0. The monoisotopic (exact) mass is 176 g/mol. The van der Waals surface area contributed by atoms with E-state index in [1.165, 1.54) is 7.05 Å². The fraction of sp³-hybridized carbons (Fsp3) is 0.333. The van der Waals surface area contributed by atoms with Crippen molar-refractivity contribution in [1.29, 1.82) is 0 Å². The summed E-state index contributed by atoms with van der Waals surface area (Å²) in [6.07, 6.45) is 0. The standard InChI is InChI=1S/C2H6N3.CH3.Y/c1-5-2(3)4;;/h1H3,(H3-,3,4,5);1H3;/q2*-1;. The maximum absolute atomic E-state index is 6.35. The Morgan fingerprint density at radius 3 is 1.86 bits per heavy atom. The van der Waals surface area contributed by atoms with Gasteiger partial charge in [-0.3, -0.25) is 0 Å². The minimum absolute atomic E-state index is 0. The first-order valence-electron chi connectivity index (χ1n) is 1.21. The molecule has 0 aromatic rings. The molecule has 0 atom stereocenters. The summed E-state index contributed by atoms with van der Waals surface area (Å²) < 4.78 is 0. The van der Waals surface area contributed by atoms with Crippen LogP contribution in [-0.4, -0.2) is 13.0 Å². The van der Waals surface area contributed by atoms with Gasteiger partial charge in [0, 0.05) is 32.7 Å². The molecule has 3 nitrogen and oxygen atoms in total. The summed E-state index contributed by atoms with van der Waals surface area (Å²) in [6.45, 7) is 0. The molecule has 0 saturated heterocycles. The molecular formula is C3H9N3Y-2. The summed E-state index contributed by atoms with van der Waals surface area (Å²) in [5.41, 5.74) is 11.1. The van der Waals surface area contributed by atoms with Gasteiger partial charge in [-0.05, 0) is 13.0 Å². The largest absolute Gasteiger partial charge is 0.454 e. The predicted octanol–water partition coefficient (Wildman–Crippen LogP) is 0.431. The van der Waals surface area contributed by atoms with E-state index in [0.717, 1.165) is 0 Å². The predicted molar refractivity (Wildman–Crippen MR) is 28.3 cm³/mol. The summed E-state index contributed by atoms with van der Waals surface area (Å²) in [6, 6.07) is 0. The third-order valence-corrected chi connectivity index (χ3v) is 0.241. The summed E-state index contributed by atoms with van der Waals surface area (Å²) in [5, 5.41) is 0. The Kier molecular flexibility index (Phi) is 21.5. The summed E-state index contributed by atoms with van der Waals surface area (Å²) in [4.78, 5) is 3.25. The van der Waals surface area contributed by atoms with Crippen molar-refractivity contribution in [2.45, 2.75) is 0 Å². The molecule has 7 heavy (non-hydrogen) atoms. The SMILES string of the molecule is CN=C([NH-])N.[CH3-].[Y]. The second-order valence-electron chi connectivity index (χ2n) is 0.609. The Morgan fingerprint density at radius 1 is 1.71 bits per heavy atom. The number of aliphatic imine (C=N–C) groups is 1. The van der Waals surface area contributed by atoms with Crippen LogP contribution >= 0.6 is 0 Å². The van der Waals surface area contributed by atoms with Gasteiger partial charge >= 0.3 is 0 Å². The van der Waals surface area contributed by atoms with Gasteiger partial charge in [-0.1, -0.05) is 0 Å². The van der Waals surface area contributed by atoms with E-state index in [1.54, 1.807) is 0 Å². The molecule has 0 heterocycles. The minimum atomic E-state index is -0.120. The molecule has 0 aromatic heterocycles. The average molecular weight is 176 g/mol. The Balaban J connectivity index is -0.0000000800. The second-order valence-corrected chi connectivity index (χ2v) is 0.609. The zero-order valence-electron chi connectivity index (χ0n) is 4.60. The van der Waals surface area contributed by atoms with Gasteiger partial charge in [0.1, 0.15) is 0 Å². The van der Waals surface area contributed by atoms with Crippen molar-refractivity contribution in [3.63, 3.8) is 0 Å². The Morgan fingerprint density at radius 2 is 1.86 bits per heavy atom. The third-order valence-electron chi connectivity index (χ3n) is 0.241. The normalized spacial score (nSPS) is 8.43. The van der Waals surface area contributed by atoms with Crippen molar-refractivity contribution < 1.29 is 32.7 Å². The molecular weight excluding hydrogens is 167 g/mol. The quantitative estimate of drug-likeness (QED) is 0.324. The van der Waals surface area contributed by atoms with Crippen molar-refractivity contribution in [1.82, 2.24) is 0 Å². The van der Waals surface area contributed by atoms with Gasteiger partial charge in [-0.15, -0.1) is 0 Å². The molecule has 0 unspecified atom stereocenters. The zero-order valence-corrected chi connectivity index (χ0v) is 7.44. The van der Waals surface area contributed by atoms with E-state index in [-0.39, 0.29) is 46.1 Å². The molecule has 0 spiro atoms. The van der Waals surface area contributed by atoms with Crippen molar-refractivity contribution in [3.05, 3.63) is 13.2 Å². The van der Waals surface area contributed by atoms with Crippen LogP contribution in [0.4, 0.5) is 0 Å². The van der Waals surface area contributed by atoms with Crippen molar-refractivity contribution in [2.75, 3.05) is 7.05 Å². The Bertz CT molecular complexity index is 48.1. The first kappa shape index (κ1) is 15.7. The van der Waals surface area contributed by atoms with Gasteiger partial charge in [0.2, 0.25) is 0 Å². The van der Waals surface area contributed by atoms with Crippen molar-refractivity contribution in [2.24, 2.45) is 10.7 Å². The molecule has 0 rings (SSSR count). The zero-order chi connectivity index (χ0) is 4.28. The molecule has 0 fully saturated rings. The van der Waals surface area contributed by atoms with E-state index in [4.69, 9.17) is 11.5 Å². The summed E-state index contributed by atoms with van der Waals surface area (Å²) in [7, 11) is 1.47. The van der Waals surface area contributed by atoms with Gasteiger partial charge in [0.25, 0.3) is 0 Å². The number of rotatable bonds is 0. The topological polar surface area (TPSA) is 62.2 Å². The fourth-order valence-corrected chi connectivity index (χ4v) is 0. The third kappa shape index (κ3) is 21.6. The van der Waals surface area contributed by atoms with Gasteiger partial charge in [-0.2, -0.15) is 0 Å². The van der Waals surface area contributed by atoms with E-state index in [9.17, 15) is 0 Å². The number of nitrogens with two attached hydrogens (primary N) is 1. The van der Waals surface area contributed by atoms with Crippen LogP contribution in [0.5, 0.6) is 0 Å². The smallest absolute Gasteiger partial charge is 0 e. The first-order valence-corrected chi connectivity index (χ1v) is 1.21. The molecule has 0 aliphatic rings. The molecule has 3 N–H and O–H groups in total. The molecule has 0 aliphatic carbocycles. The molecule has 0 amide bonds. The maximum Gasteiger partial charge on any atom is 0 e. The number of hydrogen-bond donors (Lipinski definition) is 1. The number of nitrogens with zero attached hydrogens (tertiary/aromatic N) is 1. The Labute approximate surface area is 69.4 Å². The Hall–Kier alpha value is 0.374. The number of guanidine groups is 1. The molecule has 41 valence electrons. The number of hydrogen-bond acceptors (Lipinski definition) is 1. The van der Waals surface area contributed by atoms with E-state index in [2.05, 4.69) is 4.99 Å². The molecule has 0 saturated carbocycles. The van der Waals surface area contributed by atoms with E-state index >= 15 is 0 Å². The van der Waals surface area contributed by atoms with Crippen molar-refractivity contribution >= 4 is 5.96 Å². The molecule has 1 radical (unpaired) electrons. The van der Waals surface area contributed by atoms with Crippen LogP contribution in [0.25, 0.3) is 5.73 Å². The second kappa shape index (κ2) is 9.62. The number of nitrogens with one attached hydrogen (secondary N) is 1. The van der Waals surface area contributed by atoms with E-state index in [1.807, 2.05) is 0 Å². The van der Waals surface area contributed by atoms with Crippen LogP contribution in [-0.2, 0) is 32.7 Å². The molecule has 0 bridgehead atoms. The van der Waals surface area contributed by atoms with Crippen LogP contribution in [0.1, 0.15) is 0 Å². The van der Waals surface area contributed by atoms with Gasteiger partial charge in [-0.25, -0.2) is 0 Å². The van der Waals surface area contributed by atoms with Crippen LogP contribution < -0.4 is 5.73 Å². The minimum Gasteiger partial charge on any atom is -0.454 e.